The topological polar surface area (TPSA) is 3.24 Å². The molecule has 0 saturated carbocycles. The Morgan fingerprint density at radius 3 is 2.73 bits per heavy atom. The Morgan fingerprint density at radius 2 is 2.07 bits per heavy atom. The van der Waals surface area contributed by atoms with E-state index >= 15 is 0 Å². The molecule has 15 heavy (non-hydrogen) atoms. The van der Waals surface area contributed by atoms with E-state index in [-0.39, 0.29) is 0 Å². The number of aryl methyl sites for hydroxylation is 1. The average Bonchev–Trinajstić information content (AvgIpc) is 2.25. The Balaban J connectivity index is 2.01. The molecule has 0 amide bonds. The molecule has 1 aliphatic heterocycles. The van der Waals surface area contributed by atoms with Gasteiger partial charge < -0.3 is 4.90 Å². The summed E-state index contributed by atoms with van der Waals surface area (Å²) < 4.78 is 1.06. The minimum atomic E-state index is 0.964. The SMILES string of the molecule is Cc1ccc(CN2CCCSC2=S)cc1. The first-order valence-corrected chi connectivity index (χ1v) is 6.62. The number of thioether (sulfide) groups is 1. The van der Waals surface area contributed by atoms with Crippen molar-refractivity contribution in [3.8, 4) is 0 Å². The number of nitrogens with zero attached hydrogens (tertiary/aromatic N) is 1. The molecule has 0 N–H and O–H groups in total. The van der Waals surface area contributed by atoms with Crippen LogP contribution >= 0.6 is 24.0 Å². The number of thiocarbonyl (C=S) groups is 1. The summed E-state index contributed by atoms with van der Waals surface area (Å²) >= 11 is 7.15. The van der Waals surface area contributed by atoms with Gasteiger partial charge in [0.1, 0.15) is 4.32 Å². The lowest BCUT2D eigenvalue weighted by atomic mass is 10.1. The molecule has 1 heterocycles. The van der Waals surface area contributed by atoms with Gasteiger partial charge in [-0.15, -0.1) is 0 Å². The van der Waals surface area contributed by atoms with Gasteiger partial charge in [-0.05, 0) is 18.9 Å². The highest BCUT2D eigenvalue weighted by Crippen LogP contribution is 2.20. The van der Waals surface area contributed by atoms with Crippen LogP contribution in [0.2, 0.25) is 0 Å². The lowest BCUT2D eigenvalue weighted by Crippen LogP contribution is -2.31. The van der Waals surface area contributed by atoms with Crippen molar-refractivity contribution in [1.29, 1.82) is 0 Å². The van der Waals surface area contributed by atoms with E-state index in [1.165, 1.54) is 23.3 Å². The van der Waals surface area contributed by atoms with E-state index in [0.717, 1.165) is 17.4 Å². The van der Waals surface area contributed by atoms with Gasteiger partial charge in [0.25, 0.3) is 0 Å². The fraction of sp³-hybridized carbons (Fsp3) is 0.417. The van der Waals surface area contributed by atoms with E-state index in [1.807, 2.05) is 0 Å². The molecular weight excluding hydrogens is 222 g/mol. The van der Waals surface area contributed by atoms with Crippen molar-refractivity contribution in [2.45, 2.75) is 19.9 Å². The second-order valence-corrected chi connectivity index (χ2v) is 5.60. The number of rotatable bonds is 2. The third-order valence-corrected chi connectivity index (χ3v) is 4.16. The number of hydrogen-bond donors (Lipinski definition) is 0. The van der Waals surface area contributed by atoms with Crippen molar-refractivity contribution in [2.75, 3.05) is 12.3 Å². The molecule has 0 bridgehead atoms. The van der Waals surface area contributed by atoms with Crippen LogP contribution in [0.3, 0.4) is 0 Å². The number of benzene rings is 1. The second kappa shape index (κ2) is 4.99. The van der Waals surface area contributed by atoms with Crippen molar-refractivity contribution in [3.63, 3.8) is 0 Å². The maximum atomic E-state index is 5.34. The van der Waals surface area contributed by atoms with Crippen LogP contribution in [0, 0.1) is 6.92 Å². The fourth-order valence-electron chi connectivity index (χ4n) is 1.65. The van der Waals surface area contributed by atoms with Crippen molar-refractivity contribution in [1.82, 2.24) is 4.90 Å². The van der Waals surface area contributed by atoms with Crippen molar-refractivity contribution >= 4 is 28.3 Å². The zero-order valence-corrected chi connectivity index (χ0v) is 10.5. The molecule has 1 fully saturated rings. The maximum Gasteiger partial charge on any atom is 0.136 e. The summed E-state index contributed by atoms with van der Waals surface area (Å²) in [5.41, 5.74) is 2.67. The van der Waals surface area contributed by atoms with Crippen molar-refractivity contribution < 1.29 is 0 Å². The second-order valence-electron chi connectivity index (χ2n) is 3.88. The summed E-state index contributed by atoms with van der Waals surface area (Å²) in [4.78, 5) is 2.30. The van der Waals surface area contributed by atoms with Crippen LogP contribution in [0.25, 0.3) is 0 Å². The molecule has 0 aromatic heterocycles. The summed E-state index contributed by atoms with van der Waals surface area (Å²) in [5, 5.41) is 0. The standard InChI is InChI=1S/C12H15NS2/c1-10-3-5-11(6-4-10)9-13-7-2-8-15-12(13)14/h3-6H,2,7-9H2,1H3. The highest BCUT2D eigenvalue weighted by Gasteiger charge is 2.14. The Kier molecular flexibility index (Phi) is 3.65. The molecule has 3 heteroatoms. The molecule has 1 saturated heterocycles. The Morgan fingerprint density at radius 1 is 1.33 bits per heavy atom. The third kappa shape index (κ3) is 2.95. The Bertz CT molecular complexity index is 345. The fourth-order valence-corrected chi connectivity index (χ4v) is 2.85. The lowest BCUT2D eigenvalue weighted by Gasteiger charge is -2.28. The van der Waals surface area contributed by atoms with Gasteiger partial charge in [-0.1, -0.05) is 53.8 Å². The van der Waals surface area contributed by atoms with Crippen LogP contribution in [0.1, 0.15) is 17.5 Å². The smallest absolute Gasteiger partial charge is 0.136 e. The van der Waals surface area contributed by atoms with E-state index in [9.17, 15) is 0 Å². The molecule has 1 nitrogen and oxygen atoms in total. The first-order valence-electron chi connectivity index (χ1n) is 5.23. The van der Waals surface area contributed by atoms with Gasteiger partial charge in [0.15, 0.2) is 0 Å². The van der Waals surface area contributed by atoms with Gasteiger partial charge in [-0.2, -0.15) is 0 Å². The maximum absolute atomic E-state index is 5.34. The van der Waals surface area contributed by atoms with Gasteiger partial charge in [0, 0.05) is 18.8 Å². The Hall–Kier alpha value is -0.540. The molecular formula is C12H15NS2. The van der Waals surface area contributed by atoms with Gasteiger partial charge in [-0.3, -0.25) is 0 Å². The highest BCUT2D eigenvalue weighted by atomic mass is 32.2. The van der Waals surface area contributed by atoms with E-state index in [4.69, 9.17) is 12.2 Å². The zero-order valence-electron chi connectivity index (χ0n) is 8.90. The molecule has 2 rings (SSSR count). The van der Waals surface area contributed by atoms with Crippen LogP contribution < -0.4 is 0 Å². The van der Waals surface area contributed by atoms with Gasteiger partial charge >= 0.3 is 0 Å². The van der Waals surface area contributed by atoms with E-state index in [0.29, 0.717) is 0 Å². The largest absolute Gasteiger partial charge is 0.353 e. The zero-order chi connectivity index (χ0) is 10.7. The average molecular weight is 237 g/mol. The van der Waals surface area contributed by atoms with Gasteiger partial charge in [-0.25, -0.2) is 0 Å². The van der Waals surface area contributed by atoms with Gasteiger partial charge in [0.05, 0.1) is 0 Å². The Labute approximate surface area is 101 Å². The molecule has 0 spiro atoms. The summed E-state index contributed by atoms with van der Waals surface area (Å²) in [6, 6.07) is 8.71. The quantitative estimate of drug-likeness (QED) is 0.727. The molecule has 1 aromatic carbocycles. The molecule has 0 unspecified atom stereocenters. The van der Waals surface area contributed by atoms with Crippen LogP contribution in [-0.2, 0) is 6.54 Å². The highest BCUT2D eigenvalue weighted by molar-refractivity contribution is 8.22. The first kappa shape index (κ1) is 11.0. The molecule has 0 aliphatic carbocycles. The molecule has 0 radical (unpaired) electrons. The summed E-state index contributed by atoms with van der Waals surface area (Å²) in [5.74, 6) is 1.18. The minimum absolute atomic E-state index is 0.964. The van der Waals surface area contributed by atoms with E-state index in [2.05, 4.69) is 36.1 Å². The van der Waals surface area contributed by atoms with Crippen LogP contribution in [0.5, 0.6) is 0 Å². The lowest BCUT2D eigenvalue weighted by molar-refractivity contribution is 0.422. The minimum Gasteiger partial charge on any atom is -0.353 e. The van der Waals surface area contributed by atoms with Crippen LogP contribution in [-0.4, -0.2) is 21.5 Å². The molecule has 1 aromatic rings. The molecule has 0 atom stereocenters. The predicted octanol–water partition coefficient (Wildman–Crippen LogP) is 3.22. The summed E-state index contributed by atoms with van der Waals surface area (Å²) in [6.45, 7) is 4.19. The van der Waals surface area contributed by atoms with Crippen LogP contribution in [0.15, 0.2) is 24.3 Å². The monoisotopic (exact) mass is 237 g/mol. The van der Waals surface area contributed by atoms with Crippen molar-refractivity contribution in [2.24, 2.45) is 0 Å². The molecule has 1 aliphatic rings. The first-order chi connectivity index (χ1) is 7.25. The predicted molar refractivity (Wildman–Crippen MR) is 71.3 cm³/mol. The normalized spacial score (nSPS) is 16.9. The van der Waals surface area contributed by atoms with Crippen molar-refractivity contribution in [3.05, 3.63) is 35.4 Å². The van der Waals surface area contributed by atoms with Crippen LogP contribution in [0.4, 0.5) is 0 Å². The third-order valence-electron chi connectivity index (χ3n) is 2.55. The van der Waals surface area contributed by atoms with E-state index in [1.54, 1.807) is 11.8 Å². The molecule has 80 valence electrons. The van der Waals surface area contributed by atoms with E-state index < -0.39 is 0 Å². The number of hydrogen-bond acceptors (Lipinski definition) is 2. The summed E-state index contributed by atoms with van der Waals surface area (Å²) in [7, 11) is 0. The summed E-state index contributed by atoms with van der Waals surface area (Å²) in [6.07, 6.45) is 1.25. The van der Waals surface area contributed by atoms with Gasteiger partial charge in [0.2, 0.25) is 0 Å².